The van der Waals surface area contributed by atoms with E-state index < -0.39 is 17.8 Å². The van der Waals surface area contributed by atoms with Crippen LogP contribution < -0.4 is 10.6 Å². The zero-order valence-corrected chi connectivity index (χ0v) is 12.1. The molecule has 2 rings (SSSR count). The van der Waals surface area contributed by atoms with Gasteiger partial charge in [0.2, 0.25) is 0 Å². The van der Waals surface area contributed by atoms with Crippen LogP contribution in [0.4, 0.5) is 14.9 Å². The molecule has 0 atom stereocenters. The molecule has 0 unspecified atom stereocenters. The maximum absolute atomic E-state index is 13.5. The van der Waals surface area contributed by atoms with Gasteiger partial charge in [0.05, 0.1) is 22.1 Å². The molecule has 21 heavy (non-hydrogen) atoms. The summed E-state index contributed by atoms with van der Waals surface area (Å²) in [4.78, 5) is 23.3. The Morgan fingerprint density at radius 2 is 2.05 bits per heavy atom. The van der Waals surface area contributed by atoms with Crippen molar-refractivity contribution in [2.75, 3.05) is 5.32 Å². The lowest BCUT2D eigenvalue weighted by Gasteiger charge is -2.08. The summed E-state index contributed by atoms with van der Waals surface area (Å²) >= 11 is 7.08. The lowest BCUT2D eigenvalue weighted by atomic mass is 10.2. The molecule has 0 bridgehead atoms. The Morgan fingerprint density at radius 1 is 1.29 bits per heavy atom. The fourth-order valence-corrected chi connectivity index (χ4v) is 2.56. The average molecular weight is 329 g/mol. The molecule has 3 N–H and O–H groups in total. The summed E-state index contributed by atoms with van der Waals surface area (Å²) in [6.07, 6.45) is 0. The van der Waals surface area contributed by atoms with Gasteiger partial charge in [-0.15, -0.1) is 11.3 Å². The maximum Gasteiger partial charge on any atom is 0.335 e. The monoisotopic (exact) mass is 328 g/mol. The number of carbonyl (C=O) groups is 2. The van der Waals surface area contributed by atoms with Crippen LogP contribution in [0.5, 0.6) is 0 Å². The molecule has 1 aromatic heterocycles. The summed E-state index contributed by atoms with van der Waals surface area (Å²) in [5, 5.41) is 13.6. The topological polar surface area (TPSA) is 78.4 Å². The van der Waals surface area contributed by atoms with Crippen molar-refractivity contribution in [2.24, 2.45) is 0 Å². The minimum absolute atomic E-state index is 0.114. The summed E-state index contributed by atoms with van der Waals surface area (Å²) in [7, 11) is 0. The van der Waals surface area contributed by atoms with Crippen LogP contribution in [0.3, 0.4) is 0 Å². The van der Waals surface area contributed by atoms with Crippen molar-refractivity contribution in [2.45, 2.75) is 6.54 Å². The normalized spacial score (nSPS) is 10.2. The number of carboxylic acids is 1. The highest BCUT2D eigenvalue weighted by Crippen LogP contribution is 2.21. The zero-order valence-electron chi connectivity index (χ0n) is 10.5. The van der Waals surface area contributed by atoms with E-state index in [2.05, 4.69) is 10.6 Å². The standard InChI is InChI=1S/C13H10ClFN2O3S/c14-11-4-2-8(21-11)6-16-13(20)17-10-5-7(12(18)19)1-3-9(10)15/h1-5H,6H2,(H,18,19)(H2,16,17,20). The van der Waals surface area contributed by atoms with Gasteiger partial charge < -0.3 is 15.7 Å². The fourth-order valence-electron chi connectivity index (χ4n) is 1.53. The van der Waals surface area contributed by atoms with Crippen LogP contribution in [0.2, 0.25) is 4.34 Å². The molecule has 2 amide bonds. The highest BCUT2D eigenvalue weighted by atomic mass is 35.5. The molecular formula is C13H10ClFN2O3S. The van der Waals surface area contributed by atoms with Crippen molar-refractivity contribution in [1.29, 1.82) is 0 Å². The second-order valence-electron chi connectivity index (χ2n) is 4.01. The predicted molar refractivity (Wildman–Crippen MR) is 78.5 cm³/mol. The van der Waals surface area contributed by atoms with Crippen molar-refractivity contribution in [3.63, 3.8) is 0 Å². The molecule has 0 radical (unpaired) electrons. The molecule has 8 heteroatoms. The van der Waals surface area contributed by atoms with Crippen LogP contribution in [0.15, 0.2) is 30.3 Å². The van der Waals surface area contributed by atoms with E-state index in [0.29, 0.717) is 4.34 Å². The number of benzene rings is 1. The van der Waals surface area contributed by atoms with Gasteiger partial charge in [0.25, 0.3) is 0 Å². The Kier molecular flexibility index (Phi) is 4.77. The molecule has 110 valence electrons. The first-order chi connectivity index (χ1) is 9.95. The van der Waals surface area contributed by atoms with E-state index in [1.54, 1.807) is 12.1 Å². The number of hydrogen-bond acceptors (Lipinski definition) is 3. The lowest BCUT2D eigenvalue weighted by molar-refractivity contribution is 0.0697. The molecule has 0 spiro atoms. The first kappa shape index (κ1) is 15.3. The van der Waals surface area contributed by atoms with E-state index in [1.807, 2.05) is 0 Å². The van der Waals surface area contributed by atoms with Crippen LogP contribution in [0, 0.1) is 5.82 Å². The highest BCUT2D eigenvalue weighted by Gasteiger charge is 2.11. The number of carbonyl (C=O) groups excluding carboxylic acids is 1. The number of hydrogen-bond donors (Lipinski definition) is 3. The molecule has 1 aromatic carbocycles. The van der Waals surface area contributed by atoms with Crippen LogP contribution in [-0.4, -0.2) is 17.1 Å². The van der Waals surface area contributed by atoms with Gasteiger partial charge in [0.1, 0.15) is 5.82 Å². The van der Waals surface area contributed by atoms with Gasteiger partial charge in [0.15, 0.2) is 0 Å². The Morgan fingerprint density at radius 3 is 2.67 bits per heavy atom. The smallest absolute Gasteiger partial charge is 0.335 e. The molecule has 5 nitrogen and oxygen atoms in total. The Labute approximate surface area is 128 Å². The number of anilines is 1. The summed E-state index contributed by atoms with van der Waals surface area (Å²) in [5.41, 5.74) is -0.312. The minimum atomic E-state index is -1.20. The Balaban J connectivity index is 1.99. The third-order valence-corrected chi connectivity index (χ3v) is 3.74. The van der Waals surface area contributed by atoms with E-state index in [1.165, 1.54) is 11.3 Å². The lowest BCUT2D eigenvalue weighted by Crippen LogP contribution is -2.28. The van der Waals surface area contributed by atoms with Crippen molar-refractivity contribution >= 4 is 40.6 Å². The largest absolute Gasteiger partial charge is 0.478 e. The average Bonchev–Trinajstić information content (AvgIpc) is 2.84. The molecule has 0 saturated heterocycles. The second-order valence-corrected chi connectivity index (χ2v) is 5.81. The van der Waals surface area contributed by atoms with E-state index >= 15 is 0 Å². The SMILES string of the molecule is O=C(NCc1ccc(Cl)s1)Nc1cc(C(=O)O)ccc1F. The summed E-state index contributed by atoms with van der Waals surface area (Å²) < 4.78 is 14.1. The highest BCUT2D eigenvalue weighted by molar-refractivity contribution is 7.16. The summed E-state index contributed by atoms with van der Waals surface area (Å²) in [6.45, 7) is 0.240. The van der Waals surface area contributed by atoms with Gasteiger partial charge >= 0.3 is 12.0 Å². The first-order valence-electron chi connectivity index (χ1n) is 5.77. The van der Waals surface area contributed by atoms with E-state index in [9.17, 15) is 14.0 Å². The summed E-state index contributed by atoms with van der Waals surface area (Å²) in [5.74, 6) is -1.92. The third-order valence-electron chi connectivity index (χ3n) is 2.51. The minimum Gasteiger partial charge on any atom is -0.478 e. The number of nitrogens with one attached hydrogen (secondary N) is 2. The molecule has 2 aromatic rings. The first-order valence-corrected chi connectivity index (χ1v) is 6.97. The summed E-state index contributed by atoms with van der Waals surface area (Å²) in [6, 6.07) is 5.99. The molecule has 0 fully saturated rings. The fraction of sp³-hybridized carbons (Fsp3) is 0.0769. The third kappa shape index (κ3) is 4.17. The van der Waals surface area contributed by atoms with Crippen molar-refractivity contribution in [3.05, 3.63) is 50.9 Å². The zero-order chi connectivity index (χ0) is 15.4. The predicted octanol–water partition coefficient (Wildman–Crippen LogP) is 3.56. The number of carboxylic acid groups (broad SMARTS) is 1. The van der Waals surface area contributed by atoms with Crippen molar-refractivity contribution < 1.29 is 19.1 Å². The molecular weight excluding hydrogens is 319 g/mol. The van der Waals surface area contributed by atoms with Gasteiger partial charge in [-0.1, -0.05) is 11.6 Å². The van der Waals surface area contributed by atoms with Gasteiger partial charge in [-0.3, -0.25) is 0 Å². The Hall–Kier alpha value is -2.12. The molecule has 0 aliphatic heterocycles. The molecule has 0 aliphatic carbocycles. The van der Waals surface area contributed by atoms with Gasteiger partial charge in [-0.2, -0.15) is 0 Å². The van der Waals surface area contributed by atoms with Crippen molar-refractivity contribution in [3.8, 4) is 0 Å². The van der Waals surface area contributed by atoms with E-state index in [4.69, 9.17) is 16.7 Å². The molecule has 0 aliphatic rings. The number of urea groups is 1. The quantitative estimate of drug-likeness (QED) is 0.803. The Bertz CT molecular complexity index is 690. The number of halogens is 2. The van der Waals surface area contributed by atoms with Crippen LogP contribution in [0.25, 0.3) is 0 Å². The maximum atomic E-state index is 13.5. The van der Waals surface area contributed by atoms with E-state index in [-0.39, 0.29) is 17.8 Å². The number of aromatic carboxylic acids is 1. The van der Waals surface area contributed by atoms with Crippen LogP contribution in [-0.2, 0) is 6.54 Å². The van der Waals surface area contributed by atoms with Gasteiger partial charge in [-0.05, 0) is 30.3 Å². The van der Waals surface area contributed by atoms with Gasteiger partial charge in [0, 0.05) is 4.88 Å². The number of rotatable bonds is 4. The number of amides is 2. The van der Waals surface area contributed by atoms with Crippen LogP contribution in [0.1, 0.15) is 15.2 Å². The number of thiophene rings is 1. The van der Waals surface area contributed by atoms with Crippen molar-refractivity contribution in [1.82, 2.24) is 5.32 Å². The molecule has 0 saturated carbocycles. The van der Waals surface area contributed by atoms with E-state index in [0.717, 1.165) is 23.1 Å². The van der Waals surface area contributed by atoms with Crippen LogP contribution >= 0.6 is 22.9 Å². The molecule has 1 heterocycles. The van der Waals surface area contributed by atoms with Gasteiger partial charge in [-0.25, -0.2) is 14.0 Å². The second kappa shape index (κ2) is 6.55.